The molecule has 1 aliphatic rings. The number of hydrogen-bond donors (Lipinski definition) is 1. The number of amides is 1. The molecule has 2 rings (SSSR count). The molecule has 24 heavy (non-hydrogen) atoms. The number of carbonyl (C=O) groups is 1. The van der Waals surface area contributed by atoms with Crippen molar-refractivity contribution < 1.29 is 4.79 Å². The maximum atomic E-state index is 12.5. The van der Waals surface area contributed by atoms with Crippen LogP contribution >= 0.6 is 0 Å². The Morgan fingerprint density at radius 3 is 2.08 bits per heavy atom. The number of nitrogens with zero attached hydrogens (tertiary/aromatic N) is 2. The average Bonchev–Trinajstić information content (AvgIpc) is 2.54. The van der Waals surface area contributed by atoms with Crippen LogP contribution in [0.2, 0.25) is 0 Å². The van der Waals surface area contributed by atoms with Crippen molar-refractivity contribution in [3.63, 3.8) is 0 Å². The molecular formula is C20H33N3O. The summed E-state index contributed by atoms with van der Waals surface area (Å²) < 4.78 is 0. The minimum atomic E-state index is 0.129. The normalized spacial score (nSPS) is 16.8. The summed E-state index contributed by atoms with van der Waals surface area (Å²) in [4.78, 5) is 17.2. The van der Waals surface area contributed by atoms with Gasteiger partial charge in [-0.05, 0) is 30.0 Å². The SMILES string of the molecule is CC(C)c1cccc(C(C)C)c1NC(=O)CCN1CCN(C)CC1. The van der Waals surface area contributed by atoms with Crippen LogP contribution in [0.3, 0.4) is 0 Å². The number of rotatable bonds is 6. The van der Waals surface area contributed by atoms with Crippen molar-refractivity contribution in [1.82, 2.24) is 9.80 Å². The molecule has 0 bridgehead atoms. The van der Waals surface area contributed by atoms with E-state index in [2.05, 4.69) is 68.1 Å². The number of nitrogens with one attached hydrogen (secondary N) is 1. The predicted molar refractivity (Wildman–Crippen MR) is 102 cm³/mol. The van der Waals surface area contributed by atoms with Gasteiger partial charge in [0.2, 0.25) is 5.91 Å². The second-order valence-corrected chi connectivity index (χ2v) is 7.56. The fourth-order valence-electron chi connectivity index (χ4n) is 3.23. The first-order valence-corrected chi connectivity index (χ1v) is 9.22. The molecule has 1 saturated heterocycles. The van der Waals surface area contributed by atoms with Crippen molar-refractivity contribution in [2.75, 3.05) is 45.1 Å². The number of anilines is 1. The highest BCUT2D eigenvalue weighted by Gasteiger charge is 2.18. The summed E-state index contributed by atoms with van der Waals surface area (Å²) in [5.74, 6) is 0.928. The first kappa shape index (κ1) is 18.9. The van der Waals surface area contributed by atoms with Gasteiger partial charge in [-0.25, -0.2) is 0 Å². The smallest absolute Gasteiger partial charge is 0.225 e. The quantitative estimate of drug-likeness (QED) is 0.866. The number of likely N-dealkylation sites (N-methyl/N-ethyl adjacent to an activating group) is 1. The number of benzene rings is 1. The van der Waals surface area contributed by atoms with E-state index in [9.17, 15) is 4.79 Å². The van der Waals surface area contributed by atoms with Gasteiger partial charge in [0.05, 0.1) is 0 Å². The van der Waals surface area contributed by atoms with Gasteiger partial charge in [-0.15, -0.1) is 0 Å². The molecule has 4 nitrogen and oxygen atoms in total. The van der Waals surface area contributed by atoms with Gasteiger partial charge in [-0.2, -0.15) is 0 Å². The highest BCUT2D eigenvalue weighted by atomic mass is 16.1. The maximum Gasteiger partial charge on any atom is 0.225 e. The fourth-order valence-corrected chi connectivity index (χ4v) is 3.23. The Bertz CT molecular complexity index is 520. The van der Waals surface area contributed by atoms with Crippen molar-refractivity contribution in [1.29, 1.82) is 0 Å². The van der Waals surface area contributed by atoms with Crippen LogP contribution in [0, 0.1) is 0 Å². The molecule has 0 radical (unpaired) electrons. The molecule has 1 N–H and O–H groups in total. The van der Waals surface area contributed by atoms with Gasteiger partial charge in [0, 0.05) is 44.8 Å². The van der Waals surface area contributed by atoms with Gasteiger partial charge >= 0.3 is 0 Å². The second-order valence-electron chi connectivity index (χ2n) is 7.56. The summed E-state index contributed by atoms with van der Waals surface area (Å²) in [6.07, 6.45) is 0.563. The minimum absolute atomic E-state index is 0.129. The summed E-state index contributed by atoms with van der Waals surface area (Å²) >= 11 is 0. The molecule has 1 aromatic rings. The predicted octanol–water partition coefficient (Wildman–Crippen LogP) is 3.51. The summed E-state index contributed by atoms with van der Waals surface area (Å²) in [5, 5.41) is 3.21. The van der Waals surface area contributed by atoms with Gasteiger partial charge in [0.25, 0.3) is 0 Å². The van der Waals surface area contributed by atoms with Crippen molar-refractivity contribution in [3.8, 4) is 0 Å². The minimum Gasteiger partial charge on any atom is -0.326 e. The van der Waals surface area contributed by atoms with E-state index in [1.165, 1.54) is 11.1 Å². The van der Waals surface area contributed by atoms with Gasteiger partial charge in [-0.3, -0.25) is 4.79 Å². The van der Waals surface area contributed by atoms with Gasteiger partial charge < -0.3 is 15.1 Å². The zero-order valence-corrected chi connectivity index (χ0v) is 15.9. The standard InChI is InChI=1S/C20H33N3O/c1-15(2)17-7-6-8-18(16(3)4)20(17)21-19(24)9-10-23-13-11-22(5)12-14-23/h6-8,15-16H,9-14H2,1-5H3,(H,21,24). The van der Waals surface area contributed by atoms with Crippen LogP contribution in [0.4, 0.5) is 5.69 Å². The molecule has 134 valence electrons. The van der Waals surface area contributed by atoms with E-state index in [1.54, 1.807) is 0 Å². The number of carbonyl (C=O) groups excluding carboxylic acids is 1. The lowest BCUT2D eigenvalue weighted by molar-refractivity contribution is -0.116. The zero-order chi connectivity index (χ0) is 17.7. The summed E-state index contributed by atoms with van der Waals surface area (Å²) in [7, 11) is 2.15. The molecular weight excluding hydrogens is 298 g/mol. The van der Waals surface area contributed by atoms with E-state index in [4.69, 9.17) is 0 Å². The van der Waals surface area contributed by atoms with E-state index in [0.717, 1.165) is 38.4 Å². The van der Waals surface area contributed by atoms with Crippen molar-refractivity contribution >= 4 is 11.6 Å². The van der Waals surface area contributed by atoms with E-state index in [-0.39, 0.29) is 5.91 Å². The molecule has 1 fully saturated rings. The third kappa shape index (κ3) is 5.05. The van der Waals surface area contributed by atoms with Crippen LogP contribution in [0.1, 0.15) is 57.1 Å². The Kier molecular flexibility index (Phi) is 6.81. The van der Waals surface area contributed by atoms with Gasteiger partial charge in [0.1, 0.15) is 0 Å². The van der Waals surface area contributed by atoms with Crippen LogP contribution < -0.4 is 5.32 Å². The second kappa shape index (κ2) is 8.63. The molecule has 0 saturated carbocycles. The summed E-state index contributed by atoms with van der Waals surface area (Å²) in [6, 6.07) is 6.36. The largest absolute Gasteiger partial charge is 0.326 e. The lowest BCUT2D eigenvalue weighted by atomic mass is 9.92. The van der Waals surface area contributed by atoms with Gasteiger partial charge in [0.15, 0.2) is 0 Å². The molecule has 1 heterocycles. The van der Waals surface area contributed by atoms with E-state index < -0.39 is 0 Å². The average molecular weight is 332 g/mol. The summed E-state index contributed by atoms with van der Waals surface area (Å²) in [5.41, 5.74) is 3.49. The molecule has 1 aliphatic heterocycles. The van der Waals surface area contributed by atoms with Crippen molar-refractivity contribution in [2.24, 2.45) is 0 Å². The fraction of sp³-hybridized carbons (Fsp3) is 0.650. The van der Waals surface area contributed by atoms with Crippen molar-refractivity contribution in [3.05, 3.63) is 29.3 Å². The zero-order valence-electron chi connectivity index (χ0n) is 15.9. The van der Waals surface area contributed by atoms with Crippen LogP contribution in [0.5, 0.6) is 0 Å². The lowest BCUT2D eigenvalue weighted by Gasteiger charge is -2.32. The number of para-hydroxylation sites is 1. The Morgan fingerprint density at radius 2 is 1.58 bits per heavy atom. The topological polar surface area (TPSA) is 35.6 Å². The maximum absolute atomic E-state index is 12.5. The molecule has 0 atom stereocenters. The van der Waals surface area contributed by atoms with Crippen molar-refractivity contribution in [2.45, 2.75) is 46.0 Å². The molecule has 0 aromatic heterocycles. The lowest BCUT2D eigenvalue weighted by Crippen LogP contribution is -2.45. The van der Waals surface area contributed by atoms with Gasteiger partial charge in [-0.1, -0.05) is 45.9 Å². The molecule has 0 spiro atoms. The molecule has 0 unspecified atom stereocenters. The van der Waals surface area contributed by atoms with E-state index in [1.807, 2.05) is 0 Å². The van der Waals surface area contributed by atoms with Crippen LogP contribution in [-0.2, 0) is 4.79 Å². The molecule has 1 aromatic carbocycles. The van der Waals surface area contributed by atoms with Crippen LogP contribution in [-0.4, -0.2) is 55.5 Å². The third-order valence-electron chi connectivity index (χ3n) is 4.89. The highest BCUT2D eigenvalue weighted by Crippen LogP contribution is 2.32. The Hall–Kier alpha value is -1.39. The highest BCUT2D eigenvalue weighted by molar-refractivity contribution is 5.92. The molecule has 1 amide bonds. The Morgan fingerprint density at radius 1 is 1.04 bits per heavy atom. The monoisotopic (exact) mass is 331 g/mol. The Labute approximate surface area is 147 Å². The number of hydrogen-bond acceptors (Lipinski definition) is 3. The van der Waals surface area contributed by atoms with Crippen LogP contribution in [0.25, 0.3) is 0 Å². The van der Waals surface area contributed by atoms with Crippen LogP contribution in [0.15, 0.2) is 18.2 Å². The first-order valence-electron chi connectivity index (χ1n) is 9.22. The third-order valence-corrected chi connectivity index (χ3v) is 4.89. The Balaban J connectivity index is 2.00. The van der Waals surface area contributed by atoms with E-state index in [0.29, 0.717) is 18.3 Å². The molecule has 0 aliphatic carbocycles. The number of piperazine rings is 1. The molecule has 4 heteroatoms. The van der Waals surface area contributed by atoms with E-state index >= 15 is 0 Å². The first-order chi connectivity index (χ1) is 11.4. The summed E-state index contributed by atoms with van der Waals surface area (Å²) in [6.45, 7) is 13.9.